The summed E-state index contributed by atoms with van der Waals surface area (Å²) >= 11 is 7.51. The Morgan fingerprint density at radius 1 is 1.21 bits per heavy atom. The van der Waals surface area contributed by atoms with Crippen molar-refractivity contribution in [2.45, 2.75) is 37.8 Å². The topological polar surface area (TPSA) is 78.3 Å². The van der Waals surface area contributed by atoms with Crippen molar-refractivity contribution in [1.82, 2.24) is 9.29 Å². The highest BCUT2D eigenvalue weighted by Gasteiger charge is 2.22. The molecule has 0 atom stereocenters. The molecule has 2 aromatic rings. The Bertz CT molecular complexity index is 880. The first-order chi connectivity index (χ1) is 13.8. The molecule has 1 aliphatic rings. The first kappa shape index (κ1) is 21.8. The molecule has 0 radical (unpaired) electrons. The molecule has 29 heavy (non-hydrogen) atoms. The number of hydrogen-bond donors (Lipinski definition) is 4. The number of halogens is 4. The van der Waals surface area contributed by atoms with Gasteiger partial charge in [-0.3, -0.25) is 4.79 Å². The maximum Gasteiger partial charge on any atom is 0.273 e. The van der Waals surface area contributed by atoms with E-state index >= 15 is 0 Å². The molecule has 3 rings (SSSR count). The number of aliphatic hydroxyl groups excluding tert-OH is 1. The quantitative estimate of drug-likeness (QED) is 0.393. The van der Waals surface area contributed by atoms with Crippen LogP contribution in [-0.4, -0.2) is 27.7 Å². The summed E-state index contributed by atoms with van der Waals surface area (Å²) < 4.78 is 47.5. The second-order valence-electron chi connectivity index (χ2n) is 6.85. The molecule has 158 valence electrons. The van der Waals surface area contributed by atoms with E-state index in [0.29, 0.717) is 17.8 Å². The molecule has 1 aliphatic carbocycles. The Balaban J connectivity index is 1.63. The van der Waals surface area contributed by atoms with E-state index in [-0.39, 0.29) is 28.5 Å². The lowest BCUT2D eigenvalue weighted by Gasteiger charge is -2.25. The number of carbonyl (C=O) groups is 1. The van der Waals surface area contributed by atoms with Crippen LogP contribution in [0.5, 0.6) is 0 Å². The smallest absolute Gasteiger partial charge is 0.273 e. The molecule has 0 aliphatic heterocycles. The SMILES string of the molecule is Cn1cc(NSNC2CCC(O)CC2)c(Cl)c1C(=O)Nc1cc(F)c(F)c(F)c1. The van der Waals surface area contributed by atoms with Gasteiger partial charge in [0.05, 0.1) is 16.8 Å². The Kier molecular flexibility index (Phi) is 6.99. The van der Waals surface area contributed by atoms with E-state index in [4.69, 9.17) is 11.6 Å². The molecule has 0 bridgehead atoms. The van der Waals surface area contributed by atoms with Crippen LogP contribution in [0.1, 0.15) is 36.2 Å². The Hall–Kier alpha value is -1.88. The molecule has 1 amide bonds. The number of rotatable bonds is 6. The van der Waals surface area contributed by atoms with Crippen LogP contribution in [0.4, 0.5) is 24.5 Å². The second-order valence-corrected chi connectivity index (χ2v) is 7.87. The number of anilines is 2. The van der Waals surface area contributed by atoms with Gasteiger partial charge in [-0.15, -0.1) is 0 Å². The van der Waals surface area contributed by atoms with Crippen molar-refractivity contribution in [3.05, 3.63) is 46.5 Å². The van der Waals surface area contributed by atoms with Crippen molar-refractivity contribution in [3.8, 4) is 0 Å². The molecule has 6 nitrogen and oxygen atoms in total. The predicted octanol–water partition coefficient (Wildman–Crippen LogP) is 4.22. The monoisotopic (exact) mass is 448 g/mol. The highest BCUT2D eigenvalue weighted by Crippen LogP contribution is 2.31. The highest BCUT2D eigenvalue weighted by atomic mass is 35.5. The van der Waals surface area contributed by atoms with Gasteiger partial charge in [0.2, 0.25) is 0 Å². The lowest BCUT2D eigenvalue weighted by atomic mass is 9.94. The predicted molar refractivity (Wildman–Crippen MR) is 107 cm³/mol. The summed E-state index contributed by atoms with van der Waals surface area (Å²) in [6.07, 6.45) is 4.58. The van der Waals surface area contributed by atoms with Gasteiger partial charge in [-0.1, -0.05) is 11.6 Å². The average molecular weight is 449 g/mol. The molecule has 1 heterocycles. The van der Waals surface area contributed by atoms with Crippen LogP contribution in [0.3, 0.4) is 0 Å². The number of aromatic nitrogens is 1. The lowest BCUT2D eigenvalue weighted by molar-refractivity contribution is 0.101. The van der Waals surface area contributed by atoms with E-state index in [1.165, 1.54) is 16.7 Å². The van der Waals surface area contributed by atoms with Gasteiger partial charge in [0.25, 0.3) is 5.91 Å². The average Bonchev–Trinajstić information content (AvgIpc) is 2.95. The summed E-state index contributed by atoms with van der Waals surface area (Å²) in [5.41, 5.74) is 0.318. The van der Waals surface area contributed by atoms with Crippen molar-refractivity contribution in [1.29, 1.82) is 0 Å². The van der Waals surface area contributed by atoms with E-state index < -0.39 is 23.4 Å². The minimum absolute atomic E-state index is 0.0701. The third-order valence-electron chi connectivity index (χ3n) is 4.66. The zero-order valence-electron chi connectivity index (χ0n) is 15.4. The van der Waals surface area contributed by atoms with Crippen LogP contribution in [0, 0.1) is 17.5 Å². The molecule has 1 fully saturated rings. The Morgan fingerprint density at radius 3 is 2.45 bits per heavy atom. The van der Waals surface area contributed by atoms with Crippen LogP contribution in [0.2, 0.25) is 5.02 Å². The first-order valence-electron chi connectivity index (χ1n) is 8.92. The minimum atomic E-state index is -1.61. The van der Waals surface area contributed by atoms with Crippen LogP contribution < -0.4 is 14.8 Å². The van der Waals surface area contributed by atoms with E-state index in [1.54, 1.807) is 13.2 Å². The number of amides is 1. The molecule has 0 saturated heterocycles. The van der Waals surface area contributed by atoms with E-state index in [0.717, 1.165) is 25.7 Å². The molecule has 0 spiro atoms. The third kappa shape index (κ3) is 5.19. The van der Waals surface area contributed by atoms with Crippen molar-refractivity contribution < 1.29 is 23.1 Å². The fourth-order valence-electron chi connectivity index (χ4n) is 3.11. The maximum atomic E-state index is 13.3. The number of carbonyl (C=O) groups excluding carboxylic acids is 1. The normalized spacial score (nSPS) is 19.2. The standard InChI is InChI=1S/C18H20ClF3N4O2S/c1-26-8-14(25-29-24-9-2-4-11(27)5-3-9)15(19)17(26)18(28)23-10-6-12(20)16(22)13(21)7-10/h6-9,11,24-25,27H,2-5H2,1H3,(H,23,28). The highest BCUT2D eigenvalue weighted by molar-refractivity contribution is 7.98. The van der Waals surface area contributed by atoms with Gasteiger partial charge in [-0.2, -0.15) is 0 Å². The van der Waals surface area contributed by atoms with Crippen LogP contribution >= 0.6 is 23.7 Å². The summed E-state index contributed by atoms with van der Waals surface area (Å²) in [6.45, 7) is 0. The van der Waals surface area contributed by atoms with Crippen molar-refractivity contribution >= 4 is 41.0 Å². The van der Waals surface area contributed by atoms with Crippen LogP contribution in [0.15, 0.2) is 18.3 Å². The first-order valence-corrected chi connectivity index (χ1v) is 10.1. The number of hydrogen-bond acceptors (Lipinski definition) is 5. The Morgan fingerprint density at radius 2 is 1.83 bits per heavy atom. The zero-order valence-corrected chi connectivity index (χ0v) is 17.0. The molecule has 11 heteroatoms. The van der Waals surface area contributed by atoms with Crippen molar-refractivity contribution in [3.63, 3.8) is 0 Å². The maximum absolute atomic E-state index is 13.3. The molecular weight excluding hydrogens is 429 g/mol. The third-order valence-corrected chi connectivity index (χ3v) is 5.82. The van der Waals surface area contributed by atoms with E-state index in [2.05, 4.69) is 14.8 Å². The number of nitrogens with one attached hydrogen (secondary N) is 3. The van der Waals surface area contributed by atoms with Crippen LogP contribution in [0.25, 0.3) is 0 Å². The summed E-state index contributed by atoms with van der Waals surface area (Å²) in [5, 5.41) is 12.0. The van der Waals surface area contributed by atoms with Crippen molar-refractivity contribution in [2.24, 2.45) is 7.05 Å². The van der Waals surface area contributed by atoms with Crippen molar-refractivity contribution in [2.75, 3.05) is 10.0 Å². The lowest BCUT2D eigenvalue weighted by Crippen LogP contribution is -2.31. The van der Waals surface area contributed by atoms with Gasteiger partial charge in [-0.05, 0) is 25.7 Å². The second kappa shape index (κ2) is 9.29. The minimum Gasteiger partial charge on any atom is -0.393 e. The molecular formula is C18H20ClF3N4O2S. The van der Waals surface area contributed by atoms with Gasteiger partial charge in [-0.25, -0.2) is 17.9 Å². The molecule has 1 aromatic heterocycles. The van der Waals surface area contributed by atoms with Gasteiger partial charge < -0.3 is 19.7 Å². The zero-order chi connectivity index (χ0) is 21.1. The molecule has 0 unspecified atom stereocenters. The van der Waals surface area contributed by atoms with E-state index in [9.17, 15) is 23.1 Å². The summed E-state index contributed by atoms with van der Waals surface area (Å²) in [4.78, 5) is 12.5. The fourth-order valence-corrected chi connectivity index (χ4v) is 4.20. The number of nitrogens with zero attached hydrogens (tertiary/aromatic N) is 1. The summed E-state index contributed by atoms with van der Waals surface area (Å²) in [7, 11) is 1.60. The molecule has 1 aromatic carbocycles. The summed E-state index contributed by atoms with van der Waals surface area (Å²) in [6, 6.07) is 1.63. The van der Waals surface area contributed by atoms with Gasteiger partial charge >= 0.3 is 0 Å². The molecule has 4 N–H and O–H groups in total. The number of aryl methyl sites for hydroxylation is 1. The van der Waals surface area contributed by atoms with E-state index in [1.807, 2.05) is 0 Å². The van der Waals surface area contributed by atoms with Crippen LogP contribution in [-0.2, 0) is 7.05 Å². The Labute approximate surface area is 175 Å². The van der Waals surface area contributed by atoms with Gasteiger partial charge in [0.15, 0.2) is 17.5 Å². The number of benzene rings is 1. The largest absolute Gasteiger partial charge is 0.393 e. The summed E-state index contributed by atoms with van der Waals surface area (Å²) in [5.74, 6) is -5.12. The number of aliphatic hydroxyl groups is 1. The van der Waals surface area contributed by atoms with Gasteiger partial charge in [0, 0.05) is 49.2 Å². The van der Waals surface area contributed by atoms with Gasteiger partial charge in [0.1, 0.15) is 5.69 Å². The molecule has 1 saturated carbocycles. The fraction of sp³-hybridized carbons (Fsp3) is 0.389.